The van der Waals surface area contributed by atoms with Crippen LogP contribution in [-0.2, 0) is 26.3 Å². The van der Waals surface area contributed by atoms with Crippen LogP contribution in [0.25, 0.3) is 22.7 Å². The van der Waals surface area contributed by atoms with Crippen molar-refractivity contribution in [2.24, 2.45) is 7.05 Å². The summed E-state index contributed by atoms with van der Waals surface area (Å²) in [6, 6.07) is 4.88. The second-order valence-electron chi connectivity index (χ2n) is 6.72. The number of aromatic nitrogens is 7. The number of imidazole rings is 1. The zero-order chi connectivity index (χ0) is 22.3. The highest BCUT2D eigenvalue weighted by Gasteiger charge is 2.30. The maximum atomic E-state index is 12.9. The molecule has 4 rings (SSSR count). The van der Waals surface area contributed by atoms with Crippen LogP contribution in [0.1, 0.15) is 11.1 Å². The largest absolute Gasteiger partial charge is 0.416 e. The molecule has 3 heterocycles. The topological polar surface area (TPSA) is 103 Å². The van der Waals surface area contributed by atoms with E-state index < -0.39 is 23.0 Å². The normalized spacial score (nSPS) is 11.7. The van der Waals surface area contributed by atoms with E-state index in [2.05, 4.69) is 26.2 Å². The van der Waals surface area contributed by atoms with E-state index in [1.165, 1.54) is 28.6 Å². The Hall–Kier alpha value is -4.14. The van der Waals surface area contributed by atoms with Crippen LogP contribution < -0.4 is 11.2 Å². The summed E-state index contributed by atoms with van der Waals surface area (Å²) in [4.78, 5) is 31.9. The number of nitrogens with one attached hydrogen (secondary N) is 1. The Kier molecular flexibility index (Phi) is 4.73. The molecular weight excluding hydrogens is 415 g/mol. The number of aryl methyl sites for hydroxylation is 1. The van der Waals surface area contributed by atoms with E-state index in [0.29, 0.717) is 5.56 Å². The molecule has 158 valence electrons. The standard InChI is InChI=1S/C19H14F3N7O2/c1-3-7-29-17(30)14-16(27(2)18(29)31)24-15(23-14)13-10-28(26-25-13)9-11-5-4-6-12(8-11)19(20,21)22/h1,4-6,8,10H,7,9H2,2H3,(H,23,24). The third kappa shape index (κ3) is 3.61. The molecule has 3 aromatic heterocycles. The summed E-state index contributed by atoms with van der Waals surface area (Å²) < 4.78 is 42.1. The fourth-order valence-corrected chi connectivity index (χ4v) is 3.12. The molecule has 0 amide bonds. The highest BCUT2D eigenvalue weighted by atomic mass is 19.4. The quantitative estimate of drug-likeness (QED) is 0.494. The monoisotopic (exact) mass is 429 g/mol. The van der Waals surface area contributed by atoms with Gasteiger partial charge in [-0.05, 0) is 17.7 Å². The highest BCUT2D eigenvalue weighted by Crippen LogP contribution is 2.29. The van der Waals surface area contributed by atoms with E-state index in [-0.39, 0.29) is 35.8 Å². The average Bonchev–Trinajstić information content (AvgIpc) is 3.36. The number of rotatable bonds is 4. The number of alkyl halides is 3. The number of fused-ring (bicyclic) bond motifs is 1. The van der Waals surface area contributed by atoms with Crippen molar-refractivity contribution in [2.45, 2.75) is 19.3 Å². The Bertz CT molecular complexity index is 1450. The van der Waals surface area contributed by atoms with E-state index in [0.717, 1.165) is 16.7 Å². The third-order valence-electron chi connectivity index (χ3n) is 4.61. The van der Waals surface area contributed by atoms with E-state index in [4.69, 9.17) is 6.42 Å². The lowest BCUT2D eigenvalue weighted by Crippen LogP contribution is -2.38. The van der Waals surface area contributed by atoms with Crippen molar-refractivity contribution in [3.05, 3.63) is 62.4 Å². The Balaban J connectivity index is 1.69. The van der Waals surface area contributed by atoms with Crippen molar-refractivity contribution < 1.29 is 13.2 Å². The SMILES string of the molecule is C#CCn1c(=O)c2[nH]c(-c3cn(Cc4cccc(C(F)(F)F)c4)nn3)nc2n(C)c1=O. The number of terminal acetylenes is 1. The second kappa shape index (κ2) is 7.28. The number of H-pyrrole nitrogens is 1. The van der Waals surface area contributed by atoms with Gasteiger partial charge in [0.05, 0.1) is 24.8 Å². The van der Waals surface area contributed by atoms with Crippen molar-refractivity contribution in [3.63, 3.8) is 0 Å². The molecule has 0 saturated heterocycles. The zero-order valence-corrected chi connectivity index (χ0v) is 16.0. The molecule has 0 atom stereocenters. The number of aromatic amines is 1. The molecule has 9 nitrogen and oxygen atoms in total. The lowest BCUT2D eigenvalue weighted by atomic mass is 10.1. The minimum atomic E-state index is -4.44. The van der Waals surface area contributed by atoms with Crippen LogP contribution in [0.15, 0.2) is 40.1 Å². The van der Waals surface area contributed by atoms with Gasteiger partial charge >= 0.3 is 11.9 Å². The number of hydrogen-bond donors (Lipinski definition) is 1. The smallest absolute Gasteiger partial charge is 0.331 e. The molecule has 0 aliphatic rings. The van der Waals surface area contributed by atoms with E-state index in [1.807, 2.05) is 0 Å². The van der Waals surface area contributed by atoms with Crippen LogP contribution in [-0.4, -0.2) is 34.1 Å². The Labute approximate surface area is 171 Å². The van der Waals surface area contributed by atoms with Gasteiger partial charge in [0.25, 0.3) is 5.56 Å². The van der Waals surface area contributed by atoms with Gasteiger partial charge in [-0.3, -0.25) is 9.36 Å². The molecule has 0 bridgehead atoms. The zero-order valence-electron chi connectivity index (χ0n) is 16.0. The molecule has 31 heavy (non-hydrogen) atoms. The van der Waals surface area contributed by atoms with Crippen molar-refractivity contribution in [2.75, 3.05) is 0 Å². The van der Waals surface area contributed by atoms with Crippen LogP contribution in [0.3, 0.4) is 0 Å². The molecule has 0 spiro atoms. The molecule has 0 radical (unpaired) electrons. The molecule has 12 heteroatoms. The molecule has 0 aliphatic carbocycles. The van der Waals surface area contributed by atoms with Gasteiger partial charge in [0.15, 0.2) is 11.5 Å². The molecular formula is C19H14F3N7O2. The highest BCUT2D eigenvalue weighted by molar-refractivity contribution is 5.74. The predicted molar refractivity (Wildman–Crippen MR) is 104 cm³/mol. The minimum absolute atomic E-state index is 0.0462. The van der Waals surface area contributed by atoms with Gasteiger partial charge in [0.1, 0.15) is 11.2 Å². The predicted octanol–water partition coefficient (Wildman–Crippen LogP) is 1.38. The van der Waals surface area contributed by atoms with Crippen molar-refractivity contribution in [1.82, 2.24) is 34.1 Å². The van der Waals surface area contributed by atoms with Gasteiger partial charge in [-0.2, -0.15) is 13.2 Å². The molecule has 1 aromatic carbocycles. The number of nitrogens with zero attached hydrogens (tertiary/aromatic N) is 6. The minimum Gasteiger partial charge on any atom is -0.331 e. The van der Waals surface area contributed by atoms with Crippen LogP contribution in [0, 0.1) is 12.3 Å². The number of halogens is 3. The lowest BCUT2D eigenvalue weighted by Gasteiger charge is -2.08. The van der Waals surface area contributed by atoms with E-state index in [9.17, 15) is 22.8 Å². The summed E-state index contributed by atoms with van der Waals surface area (Å²) in [7, 11) is 1.45. The maximum Gasteiger partial charge on any atom is 0.416 e. The molecule has 0 fully saturated rings. The summed E-state index contributed by atoms with van der Waals surface area (Å²) in [5, 5.41) is 7.86. The van der Waals surface area contributed by atoms with Gasteiger partial charge < -0.3 is 4.98 Å². The average molecular weight is 429 g/mol. The summed E-state index contributed by atoms with van der Waals surface area (Å²) >= 11 is 0. The fraction of sp³-hybridized carbons (Fsp3) is 0.211. The maximum absolute atomic E-state index is 12.9. The first-order chi connectivity index (χ1) is 14.7. The molecule has 4 aromatic rings. The summed E-state index contributed by atoms with van der Waals surface area (Å²) in [6.07, 6.45) is 2.24. The van der Waals surface area contributed by atoms with Crippen molar-refractivity contribution in [3.8, 4) is 23.9 Å². The van der Waals surface area contributed by atoms with Crippen LogP contribution in [0.2, 0.25) is 0 Å². The number of hydrogen-bond acceptors (Lipinski definition) is 5. The molecule has 0 saturated carbocycles. The van der Waals surface area contributed by atoms with Crippen molar-refractivity contribution >= 4 is 11.2 Å². The molecule has 0 unspecified atom stereocenters. The van der Waals surface area contributed by atoms with Crippen LogP contribution in [0.4, 0.5) is 13.2 Å². The summed E-state index contributed by atoms with van der Waals surface area (Å²) in [5.74, 6) is 2.43. The Morgan fingerprint density at radius 1 is 1.26 bits per heavy atom. The summed E-state index contributed by atoms with van der Waals surface area (Å²) in [6.45, 7) is -0.145. The van der Waals surface area contributed by atoms with Gasteiger partial charge in [-0.1, -0.05) is 23.3 Å². The van der Waals surface area contributed by atoms with Gasteiger partial charge in [0.2, 0.25) is 0 Å². The van der Waals surface area contributed by atoms with E-state index >= 15 is 0 Å². The van der Waals surface area contributed by atoms with Gasteiger partial charge in [-0.15, -0.1) is 11.5 Å². The first-order valence-corrected chi connectivity index (χ1v) is 8.88. The summed E-state index contributed by atoms with van der Waals surface area (Å²) in [5.41, 5.74) is -1.17. The second-order valence-corrected chi connectivity index (χ2v) is 6.72. The molecule has 1 N–H and O–H groups in total. The Morgan fingerprint density at radius 3 is 2.74 bits per heavy atom. The first-order valence-electron chi connectivity index (χ1n) is 8.88. The van der Waals surface area contributed by atoms with Crippen LogP contribution in [0.5, 0.6) is 0 Å². The van der Waals surface area contributed by atoms with Crippen LogP contribution >= 0.6 is 0 Å². The number of benzene rings is 1. The van der Waals surface area contributed by atoms with Crippen molar-refractivity contribution in [1.29, 1.82) is 0 Å². The van der Waals surface area contributed by atoms with Gasteiger partial charge in [-0.25, -0.2) is 19.0 Å². The fourth-order valence-electron chi connectivity index (χ4n) is 3.12. The van der Waals surface area contributed by atoms with E-state index in [1.54, 1.807) is 6.07 Å². The Morgan fingerprint density at radius 2 is 2.03 bits per heavy atom. The van der Waals surface area contributed by atoms with Gasteiger partial charge in [0, 0.05) is 7.05 Å². The third-order valence-corrected chi connectivity index (χ3v) is 4.61. The first kappa shape index (κ1) is 20.1. The lowest BCUT2D eigenvalue weighted by molar-refractivity contribution is -0.137. The molecule has 0 aliphatic heterocycles.